The Balaban J connectivity index is 2.52. The number of thioether (sulfide) groups is 1. The Labute approximate surface area is 100 Å². The van der Waals surface area contributed by atoms with Gasteiger partial charge in [0.1, 0.15) is 0 Å². The third-order valence-corrected chi connectivity index (χ3v) is 3.32. The topological polar surface area (TPSA) is 34.1 Å². The van der Waals surface area contributed by atoms with Gasteiger partial charge in [0.25, 0.3) is 0 Å². The van der Waals surface area contributed by atoms with Gasteiger partial charge in [-0.25, -0.2) is 0 Å². The molecule has 3 heteroatoms. The third-order valence-electron chi connectivity index (χ3n) is 2.04. The Morgan fingerprint density at radius 2 is 1.69 bits per heavy atom. The summed E-state index contributed by atoms with van der Waals surface area (Å²) >= 11 is 1.10. The van der Waals surface area contributed by atoms with E-state index in [1.165, 1.54) is 0 Å². The second-order valence-corrected chi connectivity index (χ2v) is 5.56. The van der Waals surface area contributed by atoms with Gasteiger partial charge in [-0.3, -0.25) is 9.59 Å². The Hall–Kier alpha value is -1.09. The zero-order valence-corrected chi connectivity index (χ0v) is 10.6. The molecule has 1 rings (SSSR count). The van der Waals surface area contributed by atoms with E-state index in [9.17, 15) is 9.59 Å². The lowest BCUT2D eigenvalue weighted by molar-refractivity contribution is -0.117. The molecule has 0 bridgehead atoms. The molecule has 0 spiro atoms. The molecular formula is C13H16O2S. The van der Waals surface area contributed by atoms with Crippen LogP contribution in [0.5, 0.6) is 0 Å². The van der Waals surface area contributed by atoms with E-state index in [-0.39, 0.29) is 22.1 Å². The molecule has 0 atom stereocenters. The molecule has 0 fully saturated rings. The molecule has 0 saturated heterocycles. The summed E-state index contributed by atoms with van der Waals surface area (Å²) in [6.45, 7) is 5.57. The van der Waals surface area contributed by atoms with E-state index in [0.29, 0.717) is 5.56 Å². The highest BCUT2D eigenvalue weighted by Crippen LogP contribution is 2.23. The lowest BCUT2D eigenvalue weighted by Crippen LogP contribution is -2.18. The first-order valence-corrected chi connectivity index (χ1v) is 6.15. The van der Waals surface area contributed by atoms with E-state index in [0.717, 1.165) is 11.8 Å². The predicted molar refractivity (Wildman–Crippen MR) is 67.7 cm³/mol. The number of benzene rings is 1. The smallest absolute Gasteiger partial charge is 0.194 e. The summed E-state index contributed by atoms with van der Waals surface area (Å²) in [5.41, 5.74) is 0.276. The largest absolute Gasteiger partial charge is 0.293 e. The molecule has 0 radical (unpaired) electrons. The van der Waals surface area contributed by atoms with Gasteiger partial charge in [0.15, 0.2) is 10.9 Å². The fourth-order valence-electron chi connectivity index (χ4n) is 1.05. The maximum Gasteiger partial charge on any atom is 0.194 e. The summed E-state index contributed by atoms with van der Waals surface area (Å²) in [5.74, 6) is 0.225. The number of hydrogen-bond donors (Lipinski definition) is 0. The lowest BCUT2D eigenvalue weighted by Gasteiger charge is -2.14. The monoisotopic (exact) mass is 236 g/mol. The van der Waals surface area contributed by atoms with Crippen molar-refractivity contribution in [2.75, 3.05) is 5.75 Å². The zero-order chi connectivity index (χ0) is 12.2. The van der Waals surface area contributed by atoms with Crippen molar-refractivity contribution in [3.8, 4) is 0 Å². The summed E-state index contributed by atoms with van der Waals surface area (Å²) in [6, 6.07) is 9.05. The molecule has 2 nitrogen and oxygen atoms in total. The van der Waals surface area contributed by atoms with Crippen LogP contribution in [0.1, 0.15) is 31.1 Å². The molecule has 1 aromatic carbocycles. The minimum atomic E-state index is -0.387. The van der Waals surface area contributed by atoms with Crippen molar-refractivity contribution in [3.63, 3.8) is 0 Å². The molecule has 16 heavy (non-hydrogen) atoms. The minimum Gasteiger partial charge on any atom is -0.293 e. The van der Waals surface area contributed by atoms with Crippen LogP contribution in [0.4, 0.5) is 0 Å². The van der Waals surface area contributed by atoms with E-state index in [2.05, 4.69) is 0 Å². The molecule has 0 amide bonds. The van der Waals surface area contributed by atoms with Gasteiger partial charge in [0, 0.05) is 11.0 Å². The van der Waals surface area contributed by atoms with Crippen molar-refractivity contribution < 1.29 is 9.59 Å². The third kappa shape index (κ3) is 3.81. The highest BCUT2D eigenvalue weighted by atomic mass is 32.2. The molecule has 1 aromatic rings. The number of hydrogen-bond acceptors (Lipinski definition) is 3. The molecule has 0 aromatic heterocycles. The molecule has 0 N–H and O–H groups in total. The van der Waals surface area contributed by atoms with Crippen molar-refractivity contribution >= 4 is 22.7 Å². The van der Waals surface area contributed by atoms with Crippen LogP contribution >= 0.6 is 11.8 Å². The summed E-state index contributed by atoms with van der Waals surface area (Å²) in [4.78, 5) is 23.3. The Bertz CT molecular complexity index is 377. The van der Waals surface area contributed by atoms with Gasteiger partial charge in [0.05, 0.1) is 5.75 Å². The first kappa shape index (κ1) is 13.0. The van der Waals surface area contributed by atoms with Gasteiger partial charge < -0.3 is 0 Å². The molecule has 86 valence electrons. The molecule has 0 saturated carbocycles. The van der Waals surface area contributed by atoms with Crippen molar-refractivity contribution in [2.24, 2.45) is 5.41 Å². The molecule has 0 aliphatic heterocycles. The Kier molecular flexibility index (Phi) is 4.30. The van der Waals surface area contributed by atoms with Crippen LogP contribution < -0.4 is 0 Å². The number of Topliss-reactive ketones (excluding diaryl/α,β-unsaturated/α-hetero) is 1. The second kappa shape index (κ2) is 5.30. The number of rotatable bonds is 3. The number of carbonyl (C=O) groups excluding carboxylic acids is 2. The van der Waals surface area contributed by atoms with Crippen molar-refractivity contribution in [3.05, 3.63) is 35.9 Å². The van der Waals surface area contributed by atoms with Gasteiger partial charge >= 0.3 is 0 Å². The van der Waals surface area contributed by atoms with E-state index in [1.807, 2.05) is 39.0 Å². The highest BCUT2D eigenvalue weighted by Gasteiger charge is 2.22. The fraction of sp³-hybridized carbons (Fsp3) is 0.385. The number of ketones is 1. The van der Waals surface area contributed by atoms with Gasteiger partial charge in [-0.2, -0.15) is 0 Å². The standard InChI is InChI=1S/C13H16O2S/c1-13(2,3)12(15)16-9-11(14)10-7-5-4-6-8-10/h4-8H,9H2,1-3H3. The average molecular weight is 236 g/mol. The first-order chi connectivity index (χ1) is 7.41. The van der Waals surface area contributed by atoms with E-state index in [1.54, 1.807) is 12.1 Å². The maximum atomic E-state index is 11.7. The van der Waals surface area contributed by atoms with Crippen LogP contribution in [-0.4, -0.2) is 16.7 Å². The normalized spacial score (nSPS) is 11.2. The Morgan fingerprint density at radius 3 is 2.19 bits per heavy atom. The minimum absolute atomic E-state index is 0.00296. The fourth-order valence-corrected chi connectivity index (χ4v) is 1.92. The van der Waals surface area contributed by atoms with Crippen molar-refractivity contribution in [2.45, 2.75) is 20.8 Å². The van der Waals surface area contributed by atoms with E-state index < -0.39 is 0 Å². The van der Waals surface area contributed by atoms with Gasteiger partial charge in [-0.15, -0.1) is 0 Å². The summed E-state index contributed by atoms with van der Waals surface area (Å²) in [7, 11) is 0. The van der Waals surface area contributed by atoms with E-state index in [4.69, 9.17) is 0 Å². The quantitative estimate of drug-likeness (QED) is 0.756. The molecule has 0 aliphatic carbocycles. The van der Waals surface area contributed by atoms with Gasteiger partial charge in [-0.1, -0.05) is 62.9 Å². The van der Waals surface area contributed by atoms with Crippen LogP contribution in [0.3, 0.4) is 0 Å². The summed E-state index contributed by atoms with van der Waals surface area (Å²) in [5, 5.41) is 0.0526. The molecule has 0 unspecified atom stereocenters. The summed E-state index contributed by atoms with van der Waals surface area (Å²) < 4.78 is 0. The second-order valence-electron chi connectivity index (χ2n) is 4.62. The predicted octanol–water partition coefficient (Wildman–Crippen LogP) is 3.18. The molecular weight excluding hydrogens is 220 g/mol. The van der Waals surface area contributed by atoms with Crippen LogP contribution in [0.25, 0.3) is 0 Å². The van der Waals surface area contributed by atoms with Crippen LogP contribution in [0.2, 0.25) is 0 Å². The molecule has 0 aliphatic rings. The van der Waals surface area contributed by atoms with Gasteiger partial charge in [-0.05, 0) is 0 Å². The lowest BCUT2D eigenvalue weighted by atomic mass is 10.00. The van der Waals surface area contributed by atoms with Crippen molar-refractivity contribution in [1.82, 2.24) is 0 Å². The Morgan fingerprint density at radius 1 is 1.12 bits per heavy atom. The van der Waals surface area contributed by atoms with Crippen LogP contribution in [0, 0.1) is 5.41 Å². The van der Waals surface area contributed by atoms with Crippen LogP contribution in [0.15, 0.2) is 30.3 Å². The zero-order valence-electron chi connectivity index (χ0n) is 9.82. The summed E-state index contributed by atoms with van der Waals surface area (Å²) in [6.07, 6.45) is 0. The highest BCUT2D eigenvalue weighted by molar-refractivity contribution is 8.14. The SMILES string of the molecule is CC(C)(C)C(=O)SCC(=O)c1ccccc1. The number of carbonyl (C=O) groups is 2. The average Bonchev–Trinajstić information content (AvgIpc) is 2.25. The molecule has 0 heterocycles. The van der Waals surface area contributed by atoms with Crippen molar-refractivity contribution in [1.29, 1.82) is 0 Å². The van der Waals surface area contributed by atoms with Gasteiger partial charge in [0.2, 0.25) is 0 Å². The maximum absolute atomic E-state index is 11.7. The van der Waals surface area contributed by atoms with Crippen LogP contribution in [-0.2, 0) is 4.79 Å². The van der Waals surface area contributed by atoms with E-state index >= 15 is 0 Å². The first-order valence-electron chi connectivity index (χ1n) is 5.17.